The number of hydrogen-bond donors (Lipinski definition) is 0. The van der Waals surface area contributed by atoms with Gasteiger partial charge >= 0.3 is 23.9 Å². The number of ether oxygens (including phenoxy) is 6. The molecule has 1 amide bonds. The van der Waals surface area contributed by atoms with E-state index in [9.17, 15) is 24.0 Å². The number of carbonyl (C=O) groups is 5. The molecule has 0 atom stereocenters. The zero-order valence-electron chi connectivity index (χ0n) is 28.6. The van der Waals surface area contributed by atoms with Gasteiger partial charge in [0.2, 0.25) is 0 Å². The van der Waals surface area contributed by atoms with E-state index in [0.717, 1.165) is 68.6 Å². The van der Waals surface area contributed by atoms with Crippen LogP contribution in [0.4, 0.5) is 5.69 Å². The van der Waals surface area contributed by atoms with Crippen LogP contribution in [0, 0.1) is 0 Å². The van der Waals surface area contributed by atoms with Crippen LogP contribution in [0.15, 0.2) is 67.7 Å². The number of thioether (sulfide) groups is 3. The summed E-state index contributed by atoms with van der Waals surface area (Å²) in [6.07, 6.45) is 0.853. The average Bonchev–Trinajstić information content (AvgIpc) is 3.52. The van der Waals surface area contributed by atoms with Crippen molar-refractivity contribution in [2.45, 2.75) is 36.8 Å². The summed E-state index contributed by atoms with van der Waals surface area (Å²) in [6, 6.07) is 12.6. The Balaban J connectivity index is 1.77. The van der Waals surface area contributed by atoms with Gasteiger partial charge in [-0.2, -0.15) is 0 Å². The minimum absolute atomic E-state index is 0.142. The van der Waals surface area contributed by atoms with E-state index in [0.29, 0.717) is 33.2 Å². The number of anilines is 1. The highest BCUT2D eigenvalue weighted by atomic mass is 32.2. The molecule has 2 aromatic carbocycles. The second kappa shape index (κ2) is 14.5. The van der Waals surface area contributed by atoms with Crippen molar-refractivity contribution in [3.8, 4) is 11.5 Å². The van der Waals surface area contributed by atoms with E-state index in [2.05, 4.69) is 0 Å². The van der Waals surface area contributed by atoms with Gasteiger partial charge in [-0.3, -0.25) is 9.69 Å². The Morgan fingerprint density at radius 1 is 0.720 bits per heavy atom. The maximum atomic E-state index is 14.3. The first-order valence-corrected chi connectivity index (χ1v) is 17.6. The third kappa shape index (κ3) is 6.15. The number of nitrogens with zero attached hydrogens (tertiary/aromatic N) is 1. The van der Waals surface area contributed by atoms with Crippen molar-refractivity contribution in [3.63, 3.8) is 0 Å². The zero-order valence-corrected chi connectivity index (χ0v) is 31.1. The summed E-state index contributed by atoms with van der Waals surface area (Å²) in [5.74, 6) is -2.95. The van der Waals surface area contributed by atoms with E-state index in [-0.39, 0.29) is 26.9 Å². The van der Waals surface area contributed by atoms with Crippen LogP contribution in [0.1, 0.15) is 31.9 Å². The molecule has 0 unspecified atom stereocenters. The zero-order chi connectivity index (χ0) is 36.5. The van der Waals surface area contributed by atoms with Gasteiger partial charge in [-0.15, -0.1) is 0 Å². The van der Waals surface area contributed by atoms with Gasteiger partial charge in [0.15, 0.2) is 6.61 Å². The van der Waals surface area contributed by atoms with Gasteiger partial charge < -0.3 is 28.4 Å². The van der Waals surface area contributed by atoms with Crippen LogP contribution in [0.25, 0.3) is 5.57 Å². The summed E-state index contributed by atoms with van der Waals surface area (Å²) in [4.78, 5) is 69.8. The number of rotatable bonds is 9. The average molecular weight is 742 g/mol. The van der Waals surface area contributed by atoms with Crippen molar-refractivity contribution in [1.29, 1.82) is 0 Å². The fraction of sp³-hybridized carbons (Fsp3) is 0.343. The first kappa shape index (κ1) is 36.9. The largest absolute Gasteiger partial charge is 0.497 e. The molecule has 0 aromatic heterocycles. The Morgan fingerprint density at radius 2 is 1.26 bits per heavy atom. The van der Waals surface area contributed by atoms with Crippen molar-refractivity contribution >= 4 is 76.3 Å². The van der Waals surface area contributed by atoms with Gasteiger partial charge in [0, 0.05) is 16.0 Å². The summed E-state index contributed by atoms with van der Waals surface area (Å²) in [7, 11) is 6.13. The molecule has 15 heteroatoms. The van der Waals surface area contributed by atoms with Crippen molar-refractivity contribution in [2.24, 2.45) is 0 Å². The lowest BCUT2D eigenvalue weighted by Crippen LogP contribution is -2.55. The number of methoxy groups -OCH3 is 5. The van der Waals surface area contributed by atoms with Crippen LogP contribution >= 0.6 is 35.3 Å². The van der Waals surface area contributed by atoms with E-state index in [4.69, 9.17) is 28.4 Å². The molecule has 0 saturated heterocycles. The highest BCUT2D eigenvalue weighted by molar-refractivity contribution is 8.26. The highest BCUT2D eigenvalue weighted by Gasteiger charge is 2.62. The van der Waals surface area contributed by atoms with Crippen molar-refractivity contribution in [3.05, 3.63) is 78.8 Å². The van der Waals surface area contributed by atoms with Crippen LogP contribution in [0.3, 0.4) is 0 Å². The molecule has 0 saturated carbocycles. The monoisotopic (exact) mass is 741 g/mol. The molecule has 3 aliphatic heterocycles. The third-order valence-corrected chi connectivity index (χ3v) is 12.9. The number of esters is 4. The maximum Gasteiger partial charge on any atom is 0.345 e. The molecule has 3 aliphatic rings. The van der Waals surface area contributed by atoms with Crippen molar-refractivity contribution < 1.29 is 52.4 Å². The van der Waals surface area contributed by atoms with E-state index in [1.165, 1.54) is 14.2 Å². The Hall–Kier alpha value is -4.34. The molecule has 2 aromatic rings. The van der Waals surface area contributed by atoms with Crippen LogP contribution in [0.2, 0.25) is 0 Å². The third-order valence-electron chi connectivity index (χ3n) is 8.29. The number of hydrogen-bond acceptors (Lipinski definition) is 14. The van der Waals surface area contributed by atoms with Gasteiger partial charge in [0.25, 0.3) is 5.91 Å². The Bertz CT molecular complexity index is 1850. The lowest BCUT2D eigenvalue weighted by Gasteiger charge is -2.50. The summed E-state index contributed by atoms with van der Waals surface area (Å²) in [5, 5.41) is 0. The fourth-order valence-corrected chi connectivity index (χ4v) is 11.0. The van der Waals surface area contributed by atoms with Gasteiger partial charge in [-0.1, -0.05) is 54.3 Å². The molecule has 0 aliphatic carbocycles. The number of carbonyl (C=O) groups excluding carboxylic acids is 5. The molecule has 0 radical (unpaired) electrons. The molecule has 5 rings (SSSR count). The second-order valence-electron chi connectivity index (χ2n) is 11.4. The second-order valence-corrected chi connectivity index (χ2v) is 15.1. The number of benzene rings is 2. The first-order chi connectivity index (χ1) is 23.8. The number of amides is 1. The van der Waals surface area contributed by atoms with E-state index >= 15 is 0 Å². The fourth-order valence-electron chi connectivity index (χ4n) is 5.90. The Labute approximate surface area is 301 Å². The lowest BCUT2D eigenvalue weighted by atomic mass is 9.83. The van der Waals surface area contributed by atoms with E-state index in [1.807, 2.05) is 19.1 Å². The normalized spacial score (nSPS) is 17.2. The van der Waals surface area contributed by atoms with Gasteiger partial charge in [0.05, 0.1) is 52.3 Å². The van der Waals surface area contributed by atoms with Gasteiger partial charge in [-0.05, 0) is 56.2 Å². The Morgan fingerprint density at radius 3 is 1.78 bits per heavy atom. The summed E-state index contributed by atoms with van der Waals surface area (Å²) >= 11 is 2.64. The predicted molar refractivity (Wildman–Crippen MR) is 190 cm³/mol. The Kier molecular flexibility index (Phi) is 10.7. The standard InChI is InChI=1S/C35H35NO11S3/c1-9-18-10-12-19(13-11-18)47-17-23(37)36-22-15-14-20(42-4)16-21(22)24-29(34(36,2)3)48-26(31(39)44-6)25(30(38)43-5)35(24)49-27(32(40)45-7)28(50-35)33(41)46-8/h10-16H,9,17H2,1-8H3. The molecule has 0 N–H and O–H groups in total. The van der Waals surface area contributed by atoms with Crippen molar-refractivity contribution in [1.82, 2.24) is 0 Å². The van der Waals surface area contributed by atoms with Gasteiger partial charge in [0.1, 0.15) is 30.3 Å². The molecule has 3 heterocycles. The molecule has 264 valence electrons. The van der Waals surface area contributed by atoms with E-state index < -0.39 is 39.4 Å². The van der Waals surface area contributed by atoms with E-state index in [1.54, 1.807) is 49.1 Å². The smallest absolute Gasteiger partial charge is 0.345 e. The minimum atomic E-state index is -1.71. The topological polar surface area (TPSA) is 144 Å². The maximum absolute atomic E-state index is 14.3. The van der Waals surface area contributed by atoms with Crippen LogP contribution in [-0.2, 0) is 49.3 Å². The molecule has 0 fully saturated rings. The molecule has 0 bridgehead atoms. The SMILES string of the molecule is CCc1ccc(OCC(=O)N2c3ccc(OC)cc3C3=C(SC(C(=O)OC)=C(C(=O)OC)C34SC(C(=O)OC)=C(C(=O)OC)S4)C2(C)C)cc1. The van der Waals surface area contributed by atoms with Crippen LogP contribution in [-0.4, -0.2) is 81.6 Å². The molecule has 50 heavy (non-hydrogen) atoms. The number of fused-ring (bicyclic) bond motifs is 3. The molecular formula is C35H35NO11S3. The summed E-state index contributed by atoms with van der Waals surface area (Å²) in [6.45, 7) is 5.31. The molecule has 1 spiro atoms. The van der Waals surface area contributed by atoms with Gasteiger partial charge in [-0.25, -0.2) is 19.2 Å². The summed E-state index contributed by atoms with van der Waals surface area (Å²) in [5.41, 5.74) is 1.05. The highest BCUT2D eigenvalue weighted by Crippen LogP contribution is 2.71. The van der Waals surface area contributed by atoms with Crippen molar-refractivity contribution in [2.75, 3.05) is 47.1 Å². The summed E-state index contributed by atoms with van der Waals surface area (Å²) < 4.78 is 30.3. The van der Waals surface area contributed by atoms with Crippen LogP contribution < -0.4 is 14.4 Å². The van der Waals surface area contributed by atoms with Crippen LogP contribution in [0.5, 0.6) is 11.5 Å². The molecule has 12 nitrogen and oxygen atoms in total. The first-order valence-electron chi connectivity index (χ1n) is 15.2. The number of aryl methyl sites for hydroxylation is 1. The molecular weight excluding hydrogens is 707 g/mol. The predicted octanol–water partition coefficient (Wildman–Crippen LogP) is 5.25. The lowest BCUT2D eigenvalue weighted by molar-refractivity contribution is -0.138. The quantitative estimate of drug-likeness (QED) is 0.244. The minimum Gasteiger partial charge on any atom is -0.497 e.